The Morgan fingerprint density at radius 1 is 1.50 bits per heavy atom. The third-order valence-corrected chi connectivity index (χ3v) is 3.62. The van der Waals surface area contributed by atoms with Crippen LogP contribution in [0.3, 0.4) is 0 Å². The maximum absolute atomic E-state index is 12.4. The number of urea groups is 1. The van der Waals surface area contributed by atoms with Crippen molar-refractivity contribution in [1.29, 1.82) is 0 Å². The van der Waals surface area contributed by atoms with Crippen molar-refractivity contribution in [1.82, 2.24) is 20.0 Å². The summed E-state index contributed by atoms with van der Waals surface area (Å²) in [4.78, 5) is 28.0. The second-order valence-corrected chi connectivity index (χ2v) is 4.78. The Morgan fingerprint density at radius 3 is 2.85 bits per heavy atom. The number of carbonyl (C=O) groups is 2. The molecule has 0 radical (unpaired) electrons. The van der Waals surface area contributed by atoms with Crippen molar-refractivity contribution >= 4 is 17.6 Å². The van der Waals surface area contributed by atoms with E-state index in [4.69, 9.17) is 0 Å². The molecule has 1 fully saturated rings. The van der Waals surface area contributed by atoms with Gasteiger partial charge < -0.3 is 15.1 Å². The fourth-order valence-corrected chi connectivity index (χ4v) is 2.53. The average Bonchev–Trinajstić information content (AvgIpc) is 3.10. The van der Waals surface area contributed by atoms with E-state index in [9.17, 15) is 9.59 Å². The number of nitrogens with one attached hydrogen (secondary N) is 2. The van der Waals surface area contributed by atoms with Crippen molar-refractivity contribution in [2.24, 2.45) is 0 Å². The molecule has 1 aromatic rings. The number of amides is 3. The van der Waals surface area contributed by atoms with Gasteiger partial charge in [0, 0.05) is 25.8 Å². The minimum atomic E-state index is -0.346. The van der Waals surface area contributed by atoms with Gasteiger partial charge in [-0.05, 0) is 26.7 Å². The fraction of sp³-hybridized carbons (Fsp3) is 0.615. The predicted octanol–water partition coefficient (Wildman–Crippen LogP) is 1.27. The molecule has 0 saturated carbocycles. The number of nitrogens with zero attached hydrogens (tertiary/aromatic N) is 3. The van der Waals surface area contributed by atoms with Crippen LogP contribution in [0.1, 0.15) is 26.7 Å². The lowest BCUT2D eigenvalue weighted by atomic mass is 10.2. The second kappa shape index (κ2) is 6.40. The molecular weight excluding hydrogens is 258 g/mol. The largest absolute Gasteiger partial charge is 0.341 e. The molecule has 1 aliphatic heterocycles. The fourth-order valence-electron chi connectivity index (χ4n) is 2.53. The molecule has 0 bridgehead atoms. The molecule has 2 heterocycles. The van der Waals surface area contributed by atoms with Crippen molar-refractivity contribution in [2.75, 3.05) is 25.0 Å². The Morgan fingerprint density at radius 2 is 2.25 bits per heavy atom. The Balaban J connectivity index is 2.03. The van der Waals surface area contributed by atoms with E-state index in [1.54, 1.807) is 16.0 Å². The number of aromatic amines is 1. The van der Waals surface area contributed by atoms with E-state index in [0.717, 1.165) is 12.8 Å². The van der Waals surface area contributed by atoms with Crippen LogP contribution in [0.2, 0.25) is 0 Å². The van der Waals surface area contributed by atoms with E-state index in [0.29, 0.717) is 25.3 Å². The van der Waals surface area contributed by atoms with Crippen molar-refractivity contribution in [3.8, 4) is 0 Å². The average molecular weight is 279 g/mol. The smallest absolute Gasteiger partial charge is 0.322 e. The van der Waals surface area contributed by atoms with E-state index in [1.807, 2.05) is 13.8 Å². The molecule has 7 nitrogen and oxygen atoms in total. The molecule has 7 heteroatoms. The minimum Gasteiger partial charge on any atom is -0.341 e. The van der Waals surface area contributed by atoms with E-state index >= 15 is 0 Å². The molecule has 1 atom stereocenters. The predicted molar refractivity (Wildman–Crippen MR) is 75.3 cm³/mol. The lowest BCUT2D eigenvalue weighted by Crippen LogP contribution is -2.48. The van der Waals surface area contributed by atoms with Crippen LogP contribution >= 0.6 is 0 Å². The number of aromatic nitrogens is 2. The van der Waals surface area contributed by atoms with Gasteiger partial charge in [0.15, 0.2) is 0 Å². The van der Waals surface area contributed by atoms with Gasteiger partial charge in [-0.1, -0.05) is 0 Å². The summed E-state index contributed by atoms with van der Waals surface area (Å²) >= 11 is 0. The van der Waals surface area contributed by atoms with Crippen LogP contribution in [-0.2, 0) is 4.79 Å². The van der Waals surface area contributed by atoms with Gasteiger partial charge in [0.25, 0.3) is 0 Å². The van der Waals surface area contributed by atoms with E-state index in [1.165, 1.54) is 6.20 Å². The summed E-state index contributed by atoms with van der Waals surface area (Å²) in [5.41, 5.74) is 0.607. The van der Waals surface area contributed by atoms with Crippen LogP contribution in [0.5, 0.6) is 0 Å². The first-order chi connectivity index (χ1) is 9.67. The van der Waals surface area contributed by atoms with E-state index < -0.39 is 0 Å². The molecule has 110 valence electrons. The summed E-state index contributed by atoms with van der Waals surface area (Å²) in [6, 6.07) is -0.587. The maximum atomic E-state index is 12.4. The summed E-state index contributed by atoms with van der Waals surface area (Å²) < 4.78 is 0. The summed E-state index contributed by atoms with van der Waals surface area (Å²) in [6.07, 6.45) is 4.73. The quantitative estimate of drug-likeness (QED) is 0.871. The van der Waals surface area contributed by atoms with Crippen LogP contribution in [-0.4, -0.2) is 57.6 Å². The number of likely N-dealkylation sites (tertiary alicyclic amines) is 1. The van der Waals surface area contributed by atoms with Crippen molar-refractivity contribution in [3.63, 3.8) is 0 Å². The molecule has 1 saturated heterocycles. The van der Waals surface area contributed by atoms with Gasteiger partial charge in [0.2, 0.25) is 5.91 Å². The van der Waals surface area contributed by atoms with Gasteiger partial charge in [-0.25, -0.2) is 4.79 Å². The van der Waals surface area contributed by atoms with Gasteiger partial charge in [-0.15, -0.1) is 0 Å². The summed E-state index contributed by atoms with van der Waals surface area (Å²) in [6.45, 7) is 5.85. The monoisotopic (exact) mass is 279 g/mol. The number of anilines is 1. The highest BCUT2D eigenvalue weighted by molar-refractivity contribution is 5.94. The van der Waals surface area contributed by atoms with Gasteiger partial charge in [0.1, 0.15) is 6.04 Å². The molecular formula is C13H21N5O2. The first kappa shape index (κ1) is 14.4. The highest BCUT2D eigenvalue weighted by atomic mass is 16.2. The van der Waals surface area contributed by atoms with Crippen LogP contribution in [0, 0.1) is 0 Å². The van der Waals surface area contributed by atoms with Crippen LogP contribution < -0.4 is 5.32 Å². The Kier molecular flexibility index (Phi) is 4.60. The molecule has 0 spiro atoms. The molecule has 20 heavy (non-hydrogen) atoms. The molecule has 2 rings (SSSR count). The number of hydrogen-bond donors (Lipinski definition) is 2. The number of H-pyrrole nitrogens is 1. The van der Waals surface area contributed by atoms with Crippen molar-refractivity contribution < 1.29 is 9.59 Å². The van der Waals surface area contributed by atoms with Gasteiger partial charge in [-0.3, -0.25) is 9.89 Å². The number of likely N-dealkylation sites (N-methyl/N-ethyl adjacent to an activating group) is 1. The van der Waals surface area contributed by atoms with Crippen LogP contribution in [0.15, 0.2) is 12.4 Å². The molecule has 0 unspecified atom stereocenters. The number of rotatable bonds is 4. The maximum Gasteiger partial charge on any atom is 0.322 e. The van der Waals surface area contributed by atoms with E-state index in [-0.39, 0.29) is 18.0 Å². The Bertz CT molecular complexity index is 455. The number of carbonyl (C=O) groups excluding carboxylic acids is 2. The standard InChI is InChI=1S/C13H21N5O2/c1-3-17(4-2)12(19)11-6-5-7-18(11)13(20)16-10-8-14-15-9-10/h8-9,11H,3-7H2,1-2H3,(H,14,15)(H,16,20)/t11-/m0/s1. The normalized spacial score (nSPS) is 18.1. The zero-order valence-corrected chi connectivity index (χ0v) is 11.9. The molecule has 1 aromatic heterocycles. The summed E-state index contributed by atoms with van der Waals surface area (Å²) in [5, 5.41) is 9.16. The molecule has 1 aliphatic rings. The molecule has 3 amide bonds. The molecule has 0 aliphatic carbocycles. The topological polar surface area (TPSA) is 81.3 Å². The van der Waals surface area contributed by atoms with Crippen molar-refractivity contribution in [2.45, 2.75) is 32.7 Å². The van der Waals surface area contributed by atoms with Crippen LogP contribution in [0.4, 0.5) is 10.5 Å². The third kappa shape index (κ3) is 2.92. The number of hydrogen-bond acceptors (Lipinski definition) is 3. The first-order valence-corrected chi connectivity index (χ1v) is 7.02. The highest BCUT2D eigenvalue weighted by Gasteiger charge is 2.35. The lowest BCUT2D eigenvalue weighted by molar-refractivity contribution is -0.134. The lowest BCUT2D eigenvalue weighted by Gasteiger charge is -2.28. The summed E-state index contributed by atoms with van der Waals surface area (Å²) in [5.74, 6) is 0.0369. The zero-order valence-electron chi connectivity index (χ0n) is 11.9. The van der Waals surface area contributed by atoms with Gasteiger partial charge in [0.05, 0.1) is 11.9 Å². The second-order valence-electron chi connectivity index (χ2n) is 4.78. The molecule has 2 N–H and O–H groups in total. The Hall–Kier alpha value is -2.05. The highest BCUT2D eigenvalue weighted by Crippen LogP contribution is 2.20. The first-order valence-electron chi connectivity index (χ1n) is 7.02. The SMILES string of the molecule is CCN(CC)C(=O)[C@@H]1CCCN1C(=O)Nc1cn[nH]c1. The van der Waals surface area contributed by atoms with Gasteiger partial charge >= 0.3 is 6.03 Å². The summed E-state index contributed by atoms with van der Waals surface area (Å²) in [7, 11) is 0. The van der Waals surface area contributed by atoms with Crippen LogP contribution in [0.25, 0.3) is 0 Å². The zero-order chi connectivity index (χ0) is 14.5. The van der Waals surface area contributed by atoms with Crippen molar-refractivity contribution in [3.05, 3.63) is 12.4 Å². The Labute approximate surface area is 118 Å². The molecule has 0 aromatic carbocycles. The third-order valence-electron chi connectivity index (χ3n) is 3.62. The van der Waals surface area contributed by atoms with Gasteiger partial charge in [-0.2, -0.15) is 5.10 Å². The van der Waals surface area contributed by atoms with E-state index in [2.05, 4.69) is 15.5 Å². The minimum absolute atomic E-state index is 0.0369.